The molecule has 1 aromatic carbocycles. The molecule has 0 amide bonds. The monoisotopic (exact) mass is 303 g/mol. The highest BCUT2D eigenvalue weighted by molar-refractivity contribution is 7.09. The summed E-state index contributed by atoms with van der Waals surface area (Å²) in [7, 11) is 1.97. The minimum absolute atomic E-state index is 0.377. The standard InChI is InChI=1S/C15H17N3O2S/c1-18(15-16-13(17-21-15)11-6-7-11)9-8-10-4-2-3-5-12(10)14(19)20/h2-5,11H,6-9H2,1H3,(H,19,20). The number of carboxylic acid groups (broad SMARTS) is 1. The molecule has 1 aliphatic carbocycles. The van der Waals surface area contributed by atoms with Gasteiger partial charge in [-0.3, -0.25) is 0 Å². The predicted molar refractivity (Wildman–Crippen MR) is 82.3 cm³/mol. The normalized spacial score (nSPS) is 14.1. The number of aromatic nitrogens is 2. The van der Waals surface area contributed by atoms with E-state index in [-0.39, 0.29) is 0 Å². The Hall–Kier alpha value is -1.95. The van der Waals surface area contributed by atoms with Gasteiger partial charge >= 0.3 is 5.97 Å². The van der Waals surface area contributed by atoms with E-state index in [1.165, 1.54) is 24.4 Å². The summed E-state index contributed by atoms with van der Waals surface area (Å²) in [4.78, 5) is 17.8. The summed E-state index contributed by atoms with van der Waals surface area (Å²) in [6.07, 6.45) is 3.08. The Morgan fingerprint density at radius 3 is 2.90 bits per heavy atom. The number of rotatable bonds is 6. The van der Waals surface area contributed by atoms with E-state index in [1.54, 1.807) is 12.1 Å². The maximum absolute atomic E-state index is 11.2. The summed E-state index contributed by atoms with van der Waals surface area (Å²) in [6, 6.07) is 7.14. The zero-order valence-electron chi connectivity index (χ0n) is 11.8. The van der Waals surface area contributed by atoms with E-state index in [9.17, 15) is 9.90 Å². The van der Waals surface area contributed by atoms with Gasteiger partial charge in [0.15, 0.2) is 0 Å². The molecule has 6 heteroatoms. The number of anilines is 1. The number of carboxylic acids is 1. The Bertz CT molecular complexity index is 652. The largest absolute Gasteiger partial charge is 0.478 e. The third-order valence-electron chi connectivity index (χ3n) is 3.66. The summed E-state index contributed by atoms with van der Waals surface area (Å²) in [5.41, 5.74) is 1.23. The van der Waals surface area contributed by atoms with Crippen LogP contribution in [0.4, 0.5) is 5.13 Å². The first-order chi connectivity index (χ1) is 10.1. The zero-order chi connectivity index (χ0) is 14.8. The molecule has 0 unspecified atom stereocenters. The van der Waals surface area contributed by atoms with Crippen LogP contribution in [0.3, 0.4) is 0 Å². The predicted octanol–water partition coefficient (Wildman–Crippen LogP) is 2.79. The summed E-state index contributed by atoms with van der Waals surface area (Å²) in [5, 5.41) is 10.1. The molecule has 110 valence electrons. The van der Waals surface area contributed by atoms with Crippen molar-refractivity contribution >= 4 is 22.6 Å². The van der Waals surface area contributed by atoms with Crippen molar-refractivity contribution in [3.63, 3.8) is 0 Å². The number of nitrogens with zero attached hydrogens (tertiary/aromatic N) is 3. The molecular formula is C15H17N3O2S. The molecule has 3 rings (SSSR count). The van der Waals surface area contributed by atoms with Crippen LogP contribution in [-0.4, -0.2) is 34.0 Å². The van der Waals surface area contributed by atoms with Crippen molar-refractivity contribution in [3.05, 3.63) is 41.2 Å². The van der Waals surface area contributed by atoms with Crippen LogP contribution in [0.1, 0.15) is 40.5 Å². The van der Waals surface area contributed by atoms with Gasteiger partial charge in [0.1, 0.15) is 5.82 Å². The molecule has 5 nitrogen and oxygen atoms in total. The molecule has 0 radical (unpaired) electrons. The Labute approximate surface area is 127 Å². The number of benzene rings is 1. The minimum atomic E-state index is -0.875. The Morgan fingerprint density at radius 1 is 1.43 bits per heavy atom. The van der Waals surface area contributed by atoms with E-state index in [4.69, 9.17) is 0 Å². The van der Waals surface area contributed by atoms with Crippen LogP contribution in [-0.2, 0) is 6.42 Å². The van der Waals surface area contributed by atoms with Crippen LogP contribution in [0.5, 0.6) is 0 Å². The van der Waals surface area contributed by atoms with Crippen LogP contribution in [0.2, 0.25) is 0 Å². The smallest absolute Gasteiger partial charge is 0.335 e. The zero-order valence-corrected chi connectivity index (χ0v) is 12.6. The molecule has 1 aliphatic rings. The molecule has 1 saturated carbocycles. The molecule has 1 N–H and O–H groups in total. The second kappa shape index (κ2) is 5.81. The number of likely N-dealkylation sites (N-methyl/N-ethyl adjacent to an activating group) is 1. The first kappa shape index (κ1) is 14.0. The summed E-state index contributed by atoms with van der Waals surface area (Å²) < 4.78 is 4.39. The lowest BCUT2D eigenvalue weighted by Crippen LogP contribution is -2.21. The molecule has 1 fully saturated rings. The van der Waals surface area contributed by atoms with Crippen molar-refractivity contribution in [1.29, 1.82) is 0 Å². The topological polar surface area (TPSA) is 66.3 Å². The highest BCUT2D eigenvalue weighted by atomic mass is 32.1. The summed E-state index contributed by atoms with van der Waals surface area (Å²) >= 11 is 1.42. The molecule has 1 aromatic heterocycles. The number of hydrogen-bond acceptors (Lipinski definition) is 5. The second-order valence-corrected chi connectivity index (χ2v) is 6.07. The van der Waals surface area contributed by atoms with Crippen LogP contribution in [0.25, 0.3) is 0 Å². The Kier molecular flexibility index (Phi) is 3.88. The van der Waals surface area contributed by atoms with E-state index < -0.39 is 5.97 Å². The minimum Gasteiger partial charge on any atom is -0.478 e. The van der Waals surface area contributed by atoms with E-state index in [0.29, 0.717) is 17.9 Å². The van der Waals surface area contributed by atoms with Gasteiger partial charge in [0, 0.05) is 31.0 Å². The summed E-state index contributed by atoms with van der Waals surface area (Å²) in [6.45, 7) is 0.726. The average Bonchev–Trinajstić information content (AvgIpc) is 3.22. The average molecular weight is 303 g/mol. The highest BCUT2D eigenvalue weighted by Crippen LogP contribution is 2.39. The van der Waals surface area contributed by atoms with Crippen LogP contribution >= 0.6 is 11.5 Å². The SMILES string of the molecule is CN(CCc1ccccc1C(=O)O)c1nc(C2CC2)ns1. The van der Waals surface area contributed by atoms with Crippen LogP contribution in [0.15, 0.2) is 24.3 Å². The van der Waals surface area contributed by atoms with E-state index >= 15 is 0 Å². The van der Waals surface area contributed by atoms with Gasteiger partial charge in [-0.25, -0.2) is 9.78 Å². The molecule has 0 bridgehead atoms. The van der Waals surface area contributed by atoms with Gasteiger partial charge in [-0.05, 0) is 30.9 Å². The van der Waals surface area contributed by atoms with Gasteiger partial charge in [-0.1, -0.05) is 18.2 Å². The van der Waals surface area contributed by atoms with Gasteiger partial charge in [0.25, 0.3) is 0 Å². The van der Waals surface area contributed by atoms with E-state index in [2.05, 4.69) is 9.36 Å². The van der Waals surface area contributed by atoms with Gasteiger partial charge in [0.05, 0.1) is 5.56 Å². The van der Waals surface area contributed by atoms with Gasteiger partial charge < -0.3 is 10.0 Å². The van der Waals surface area contributed by atoms with Crippen molar-refractivity contribution in [3.8, 4) is 0 Å². The lowest BCUT2D eigenvalue weighted by molar-refractivity contribution is 0.0695. The van der Waals surface area contributed by atoms with Crippen molar-refractivity contribution in [2.45, 2.75) is 25.2 Å². The third-order valence-corrected chi connectivity index (χ3v) is 4.51. The summed E-state index contributed by atoms with van der Waals surface area (Å²) in [5.74, 6) is 0.657. The fraction of sp³-hybridized carbons (Fsp3) is 0.400. The first-order valence-corrected chi connectivity index (χ1v) is 7.78. The second-order valence-electron chi connectivity index (χ2n) is 5.34. The molecule has 0 saturated heterocycles. The van der Waals surface area contributed by atoms with Gasteiger partial charge in [-0.15, -0.1) is 0 Å². The maximum Gasteiger partial charge on any atom is 0.335 e. The van der Waals surface area contributed by atoms with Gasteiger partial charge in [-0.2, -0.15) is 4.37 Å². The maximum atomic E-state index is 11.2. The van der Waals surface area contributed by atoms with Crippen molar-refractivity contribution in [2.75, 3.05) is 18.5 Å². The quantitative estimate of drug-likeness (QED) is 0.889. The third kappa shape index (κ3) is 3.21. The van der Waals surface area contributed by atoms with Crippen LogP contribution < -0.4 is 4.90 Å². The lowest BCUT2D eigenvalue weighted by atomic mass is 10.0. The van der Waals surface area contributed by atoms with Gasteiger partial charge in [0.2, 0.25) is 5.13 Å². The number of carbonyl (C=O) groups is 1. The lowest BCUT2D eigenvalue weighted by Gasteiger charge is -2.15. The number of aromatic carboxylic acids is 1. The van der Waals surface area contributed by atoms with Crippen molar-refractivity contribution in [2.24, 2.45) is 0 Å². The Balaban J connectivity index is 1.65. The molecular weight excluding hydrogens is 286 g/mol. The number of hydrogen-bond donors (Lipinski definition) is 1. The fourth-order valence-corrected chi connectivity index (χ4v) is 2.95. The van der Waals surface area contributed by atoms with Crippen molar-refractivity contribution in [1.82, 2.24) is 9.36 Å². The first-order valence-electron chi connectivity index (χ1n) is 7.01. The Morgan fingerprint density at radius 2 is 2.19 bits per heavy atom. The molecule has 21 heavy (non-hydrogen) atoms. The fourth-order valence-electron chi connectivity index (χ4n) is 2.22. The highest BCUT2D eigenvalue weighted by Gasteiger charge is 2.28. The molecule has 0 atom stereocenters. The van der Waals surface area contributed by atoms with Crippen molar-refractivity contribution < 1.29 is 9.90 Å². The van der Waals surface area contributed by atoms with E-state index in [1.807, 2.05) is 24.1 Å². The van der Waals surface area contributed by atoms with E-state index in [0.717, 1.165) is 23.1 Å². The molecule has 0 spiro atoms. The molecule has 1 heterocycles. The van der Waals surface area contributed by atoms with Crippen LogP contribution in [0, 0.1) is 0 Å². The molecule has 0 aliphatic heterocycles. The molecule has 2 aromatic rings.